The molecule has 0 saturated carbocycles. The van der Waals surface area contributed by atoms with Crippen molar-refractivity contribution in [3.05, 3.63) is 121 Å². The van der Waals surface area contributed by atoms with E-state index in [0.29, 0.717) is 17.0 Å². The predicted molar refractivity (Wildman–Crippen MR) is 142 cm³/mol. The summed E-state index contributed by atoms with van der Waals surface area (Å²) in [6.45, 7) is 0. The SMILES string of the molecule is N#Cc1ccc(-c2ccccn2)cc1-c1cccc2c1nc(-c1ccccc1O)n2-c1ccccc1. The molecule has 6 rings (SSSR count). The fourth-order valence-corrected chi connectivity index (χ4v) is 4.56. The van der Waals surface area contributed by atoms with Gasteiger partial charge in [0.1, 0.15) is 11.6 Å². The third kappa shape index (κ3) is 3.58. The standard InChI is InChI=1S/C31H20N4O/c32-20-22-17-16-21(27-13-6-7-18-33-27)19-26(22)24-12-8-14-28-30(24)34-31(25-11-4-5-15-29(25)36)35(28)23-9-2-1-3-10-23/h1-19,36H. The lowest BCUT2D eigenvalue weighted by molar-refractivity contribution is 0.477. The van der Waals surface area contributed by atoms with Crippen molar-refractivity contribution in [2.24, 2.45) is 0 Å². The van der Waals surface area contributed by atoms with E-state index in [9.17, 15) is 10.4 Å². The van der Waals surface area contributed by atoms with Gasteiger partial charge in [-0.05, 0) is 54.6 Å². The highest BCUT2D eigenvalue weighted by molar-refractivity contribution is 5.97. The summed E-state index contributed by atoms with van der Waals surface area (Å²) in [5.41, 5.74) is 7.12. The van der Waals surface area contributed by atoms with Crippen LogP contribution in [0.2, 0.25) is 0 Å². The summed E-state index contributed by atoms with van der Waals surface area (Å²) in [5, 5.41) is 20.6. The average molecular weight is 465 g/mol. The van der Waals surface area contributed by atoms with Crippen LogP contribution in [0.1, 0.15) is 5.56 Å². The van der Waals surface area contributed by atoms with Crippen molar-refractivity contribution in [2.45, 2.75) is 0 Å². The first-order valence-electron chi connectivity index (χ1n) is 11.6. The third-order valence-corrected chi connectivity index (χ3v) is 6.24. The van der Waals surface area contributed by atoms with E-state index in [1.165, 1.54) is 0 Å². The minimum Gasteiger partial charge on any atom is -0.507 e. The zero-order valence-corrected chi connectivity index (χ0v) is 19.2. The van der Waals surface area contributed by atoms with E-state index in [0.717, 1.165) is 39.1 Å². The monoisotopic (exact) mass is 464 g/mol. The van der Waals surface area contributed by atoms with E-state index in [2.05, 4.69) is 11.1 Å². The number of fused-ring (bicyclic) bond motifs is 1. The smallest absolute Gasteiger partial charge is 0.149 e. The molecule has 0 atom stereocenters. The molecule has 170 valence electrons. The number of aromatic hydroxyl groups is 1. The number of phenolic OH excluding ortho intramolecular Hbond substituents is 1. The van der Waals surface area contributed by atoms with Crippen LogP contribution in [0.15, 0.2) is 115 Å². The highest BCUT2D eigenvalue weighted by Gasteiger charge is 2.20. The van der Waals surface area contributed by atoms with Gasteiger partial charge >= 0.3 is 0 Å². The minimum absolute atomic E-state index is 0.154. The number of imidazole rings is 1. The molecule has 2 heterocycles. The number of para-hydroxylation sites is 3. The zero-order valence-electron chi connectivity index (χ0n) is 19.2. The van der Waals surface area contributed by atoms with Gasteiger partial charge in [0.15, 0.2) is 0 Å². The van der Waals surface area contributed by atoms with Gasteiger partial charge in [0, 0.05) is 28.6 Å². The Balaban J connectivity index is 1.66. The Morgan fingerprint density at radius 1 is 0.722 bits per heavy atom. The van der Waals surface area contributed by atoms with Crippen LogP contribution in [0, 0.1) is 11.3 Å². The first kappa shape index (κ1) is 21.3. The highest BCUT2D eigenvalue weighted by atomic mass is 16.3. The van der Waals surface area contributed by atoms with Gasteiger partial charge in [0.25, 0.3) is 0 Å². The summed E-state index contributed by atoms with van der Waals surface area (Å²) in [5.74, 6) is 0.780. The van der Waals surface area contributed by atoms with Gasteiger partial charge in [0.2, 0.25) is 0 Å². The van der Waals surface area contributed by atoms with Crippen molar-refractivity contribution in [3.8, 4) is 51.3 Å². The maximum Gasteiger partial charge on any atom is 0.149 e. The lowest BCUT2D eigenvalue weighted by Gasteiger charge is -2.11. The van der Waals surface area contributed by atoms with Gasteiger partial charge < -0.3 is 5.11 Å². The molecule has 1 N–H and O–H groups in total. The Bertz CT molecular complexity index is 1750. The van der Waals surface area contributed by atoms with E-state index in [1.807, 2.05) is 102 Å². The lowest BCUT2D eigenvalue weighted by Crippen LogP contribution is -1.97. The van der Waals surface area contributed by atoms with Crippen molar-refractivity contribution in [1.82, 2.24) is 14.5 Å². The topological polar surface area (TPSA) is 74.7 Å². The Morgan fingerprint density at radius 2 is 1.50 bits per heavy atom. The molecule has 5 nitrogen and oxygen atoms in total. The van der Waals surface area contributed by atoms with Gasteiger partial charge in [-0.1, -0.05) is 54.6 Å². The molecule has 6 aromatic rings. The average Bonchev–Trinajstić information content (AvgIpc) is 3.33. The zero-order chi connectivity index (χ0) is 24.5. The van der Waals surface area contributed by atoms with Crippen LogP contribution in [-0.2, 0) is 0 Å². The predicted octanol–water partition coefficient (Wildman–Crippen LogP) is 7.00. The molecule has 0 spiro atoms. The molecule has 0 amide bonds. The number of phenols is 1. The quantitative estimate of drug-likeness (QED) is 0.305. The van der Waals surface area contributed by atoms with Crippen LogP contribution in [0.5, 0.6) is 5.75 Å². The number of nitrogens with zero attached hydrogens (tertiary/aromatic N) is 4. The largest absolute Gasteiger partial charge is 0.507 e. The number of rotatable bonds is 4. The van der Waals surface area contributed by atoms with Crippen LogP contribution in [0.4, 0.5) is 0 Å². The second-order valence-corrected chi connectivity index (χ2v) is 8.38. The molecule has 0 fully saturated rings. The summed E-state index contributed by atoms with van der Waals surface area (Å²) in [6, 6.07) is 37.0. The third-order valence-electron chi connectivity index (χ3n) is 6.24. The van der Waals surface area contributed by atoms with Crippen molar-refractivity contribution in [1.29, 1.82) is 5.26 Å². The molecule has 0 aliphatic rings. The van der Waals surface area contributed by atoms with Crippen molar-refractivity contribution >= 4 is 11.0 Å². The van der Waals surface area contributed by atoms with Crippen LogP contribution in [0.3, 0.4) is 0 Å². The maximum atomic E-state index is 10.7. The molecule has 0 radical (unpaired) electrons. The number of aromatic nitrogens is 3. The Morgan fingerprint density at radius 3 is 2.28 bits per heavy atom. The van der Waals surface area contributed by atoms with E-state index in [-0.39, 0.29) is 5.75 Å². The van der Waals surface area contributed by atoms with Crippen LogP contribution < -0.4 is 0 Å². The molecule has 0 aliphatic heterocycles. The number of nitriles is 1. The molecule has 0 bridgehead atoms. The summed E-state index contributed by atoms with van der Waals surface area (Å²) in [4.78, 5) is 9.53. The van der Waals surface area contributed by atoms with Gasteiger partial charge in [-0.15, -0.1) is 0 Å². The van der Waals surface area contributed by atoms with Crippen LogP contribution >= 0.6 is 0 Å². The van der Waals surface area contributed by atoms with Crippen LogP contribution in [0.25, 0.3) is 50.5 Å². The molecule has 5 heteroatoms. The number of pyridine rings is 1. The van der Waals surface area contributed by atoms with Gasteiger partial charge in [-0.25, -0.2) is 4.98 Å². The Kier molecular flexibility index (Phi) is 5.25. The van der Waals surface area contributed by atoms with E-state index in [1.54, 1.807) is 18.3 Å². The molecular formula is C31H20N4O. The molecular weight excluding hydrogens is 444 g/mol. The molecule has 0 aliphatic carbocycles. The van der Waals surface area contributed by atoms with E-state index in [4.69, 9.17) is 4.98 Å². The van der Waals surface area contributed by atoms with E-state index < -0.39 is 0 Å². The summed E-state index contributed by atoms with van der Waals surface area (Å²) >= 11 is 0. The van der Waals surface area contributed by atoms with Crippen molar-refractivity contribution in [2.75, 3.05) is 0 Å². The number of hydrogen-bond donors (Lipinski definition) is 1. The van der Waals surface area contributed by atoms with Crippen LogP contribution in [-0.4, -0.2) is 19.6 Å². The van der Waals surface area contributed by atoms with E-state index >= 15 is 0 Å². The minimum atomic E-state index is 0.154. The first-order chi connectivity index (χ1) is 17.7. The van der Waals surface area contributed by atoms with Crippen molar-refractivity contribution in [3.63, 3.8) is 0 Å². The van der Waals surface area contributed by atoms with Gasteiger partial charge in [-0.3, -0.25) is 9.55 Å². The maximum absolute atomic E-state index is 10.7. The summed E-state index contributed by atoms with van der Waals surface area (Å²) in [7, 11) is 0. The summed E-state index contributed by atoms with van der Waals surface area (Å²) < 4.78 is 2.04. The fraction of sp³-hybridized carbons (Fsp3) is 0. The molecule has 2 aromatic heterocycles. The van der Waals surface area contributed by atoms with Gasteiger partial charge in [0.05, 0.1) is 33.9 Å². The second kappa shape index (κ2) is 8.86. The number of hydrogen-bond acceptors (Lipinski definition) is 4. The normalized spacial score (nSPS) is 10.9. The molecule has 0 unspecified atom stereocenters. The summed E-state index contributed by atoms with van der Waals surface area (Å²) in [6.07, 6.45) is 1.76. The lowest BCUT2D eigenvalue weighted by atomic mass is 9.95. The molecule has 36 heavy (non-hydrogen) atoms. The second-order valence-electron chi connectivity index (χ2n) is 8.38. The highest BCUT2D eigenvalue weighted by Crippen LogP contribution is 2.38. The molecule has 4 aromatic carbocycles. The number of benzene rings is 4. The van der Waals surface area contributed by atoms with Gasteiger partial charge in [-0.2, -0.15) is 5.26 Å². The Labute approximate surface area is 208 Å². The fourth-order valence-electron chi connectivity index (χ4n) is 4.56. The Hall–Kier alpha value is -5.21. The molecule has 0 saturated heterocycles. The van der Waals surface area contributed by atoms with Crippen molar-refractivity contribution < 1.29 is 5.11 Å². The first-order valence-corrected chi connectivity index (χ1v) is 11.6.